The zero-order valence-electron chi connectivity index (χ0n) is 21.3. The number of aliphatic hydroxyl groups is 3. The van der Waals surface area contributed by atoms with Crippen molar-refractivity contribution in [1.29, 1.82) is 0 Å². The number of carbonyl (C=O) groups is 4. The van der Waals surface area contributed by atoms with Gasteiger partial charge in [-0.3, -0.25) is 14.4 Å². The number of ether oxygens (including phenoxy) is 7. The number of rotatable bonds is 6. The minimum atomic E-state index is -2.39. The monoisotopic (exact) mass is 568 g/mol. The number of fused-ring (bicyclic) bond motifs is 2. The number of phenols is 1. The summed E-state index contributed by atoms with van der Waals surface area (Å²) in [6.45, 7) is 1.22. The van der Waals surface area contributed by atoms with E-state index in [1.807, 2.05) is 0 Å². The molecule has 4 aliphatic rings. The lowest BCUT2D eigenvalue weighted by Crippen LogP contribution is -2.67. The van der Waals surface area contributed by atoms with E-state index in [4.69, 9.17) is 33.2 Å². The summed E-state index contributed by atoms with van der Waals surface area (Å²) in [6.07, 6.45) is -11.8. The minimum absolute atomic E-state index is 0.0812. The van der Waals surface area contributed by atoms with Crippen LogP contribution in [0.4, 0.5) is 0 Å². The van der Waals surface area contributed by atoms with Crippen molar-refractivity contribution in [2.45, 2.75) is 80.5 Å². The lowest BCUT2D eigenvalue weighted by Gasteiger charge is -2.46. The molecule has 1 aromatic rings. The van der Waals surface area contributed by atoms with Crippen LogP contribution in [0.3, 0.4) is 0 Å². The molecule has 0 bridgehead atoms. The first-order chi connectivity index (χ1) is 18.9. The van der Waals surface area contributed by atoms with Crippen molar-refractivity contribution in [2.24, 2.45) is 0 Å². The fraction of sp³-hybridized carbons (Fsp3) is 0.600. The number of benzene rings is 1. The van der Waals surface area contributed by atoms with E-state index in [0.717, 1.165) is 13.8 Å². The topological polar surface area (TPSA) is 214 Å². The van der Waals surface area contributed by atoms with Crippen LogP contribution in [0.1, 0.15) is 31.7 Å². The first-order valence-corrected chi connectivity index (χ1v) is 12.4. The van der Waals surface area contributed by atoms with Crippen LogP contribution in [0.5, 0.6) is 5.75 Å². The molecule has 5 rings (SSSR count). The molecule has 0 unspecified atom stereocenters. The van der Waals surface area contributed by atoms with E-state index >= 15 is 0 Å². The Morgan fingerprint density at radius 3 is 2.40 bits per heavy atom. The highest BCUT2D eigenvalue weighted by atomic mass is 16.8. The van der Waals surface area contributed by atoms with Gasteiger partial charge in [-0.2, -0.15) is 0 Å². The molecule has 4 fully saturated rings. The zero-order valence-corrected chi connectivity index (χ0v) is 21.3. The highest BCUT2D eigenvalue weighted by Crippen LogP contribution is 2.58. The van der Waals surface area contributed by atoms with Gasteiger partial charge in [0.15, 0.2) is 18.5 Å². The first-order valence-electron chi connectivity index (χ1n) is 12.4. The quantitative estimate of drug-likeness (QED) is 0.219. The number of carbonyl (C=O) groups excluding carboxylic acids is 4. The second kappa shape index (κ2) is 10.2. The molecule has 10 atom stereocenters. The van der Waals surface area contributed by atoms with Gasteiger partial charge in [-0.05, 0) is 17.7 Å². The Labute approximate surface area is 226 Å². The molecule has 1 spiro atoms. The smallest absolute Gasteiger partial charge is 0.357 e. The summed E-state index contributed by atoms with van der Waals surface area (Å²) < 4.78 is 38.8. The first kappa shape index (κ1) is 28.2. The third kappa shape index (κ3) is 4.38. The number of hydrogen-bond acceptors (Lipinski definition) is 15. The van der Waals surface area contributed by atoms with Gasteiger partial charge in [0.2, 0.25) is 0 Å². The molecule has 4 saturated heterocycles. The highest BCUT2D eigenvalue weighted by molar-refractivity contribution is 5.92. The SMILES string of the molecule is CC(=O)OC[C@H]1O[C@@H](O[C@]23OC[C@H](O)[C@H]2OC(=O)[C@@]32OC(=O)C[C@@H]2c2ccc(O)cc2)[C@H](O)[C@@H](O)[C@H]1OC(C)=O. The van der Waals surface area contributed by atoms with Crippen molar-refractivity contribution in [2.75, 3.05) is 13.2 Å². The Morgan fingerprint density at radius 2 is 1.75 bits per heavy atom. The largest absolute Gasteiger partial charge is 0.508 e. The van der Waals surface area contributed by atoms with Gasteiger partial charge in [-0.15, -0.1) is 0 Å². The second-order valence-corrected chi connectivity index (χ2v) is 9.95. The van der Waals surface area contributed by atoms with Crippen LogP contribution in [-0.2, 0) is 52.3 Å². The summed E-state index contributed by atoms with van der Waals surface area (Å²) >= 11 is 0. The second-order valence-electron chi connectivity index (χ2n) is 9.95. The highest BCUT2D eigenvalue weighted by Gasteiger charge is 2.82. The summed E-state index contributed by atoms with van der Waals surface area (Å²) in [4.78, 5) is 49.3. The minimum Gasteiger partial charge on any atom is -0.508 e. The summed E-state index contributed by atoms with van der Waals surface area (Å²) in [5, 5.41) is 42.2. The third-order valence-electron chi connectivity index (χ3n) is 7.36. The van der Waals surface area contributed by atoms with E-state index in [1.165, 1.54) is 24.3 Å². The van der Waals surface area contributed by atoms with E-state index in [2.05, 4.69) is 0 Å². The molecular weight excluding hydrogens is 540 g/mol. The lowest BCUT2D eigenvalue weighted by molar-refractivity contribution is -0.389. The summed E-state index contributed by atoms with van der Waals surface area (Å²) in [6, 6.07) is 5.58. The number of phenolic OH excluding ortho intramolecular Hbond substituents is 1. The third-order valence-corrected chi connectivity index (χ3v) is 7.36. The van der Waals surface area contributed by atoms with Gasteiger partial charge in [0.25, 0.3) is 11.4 Å². The maximum absolute atomic E-state index is 13.5. The maximum atomic E-state index is 13.5. The maximum Gasteiger partial charge on any atom is 0.357 e. The van der Waals surface area contributed by atoms with E-state index in [0.29, 0.717) is 5.56 Å². The molecule has 0 amide bonds. The van der Waals surface area contributed by atoms with Gasteiger partial charge in [0.1, 0.15) is 36.8 Å². The summed E-state index contributed by atoms with van der Waals surface area (Å²) in [7, 11) is 0. The van der Waals surface area contributed by atoms with Crippen LogP contribution in [0.2, 0.25) is 0 Å². The van der Waals surface area contributed by atoms with Gasteiger partial charge in [-0.25, -0.2) is 4.79 Å². The summed E-state index contributed by atoms with van der Waals surface area (Å²) in [5.74, 6) is -7.02. The van der Waals surface area contributed by atoms with Crippen molar-refractivity contribution in [3.05, 3.63) is 29.8 Å². The average molecular weight is 568 g/mol. The molecule has 0 aliphatic carbocycles. The molecule has 218 valence electrons. The fourth-order valence-electron chi connectivity index (χ4n) is 5.65. The Morgan fingerprint density at radius 1 is 1.05 bits per heavy atom. The van der Waals surface area contributed by atoms with Crippen LogP contribution in [0.15, 0.2) is 24.3 Å². The van der Waals surface area contributed by atoms with Gasteiger partial charge in [0.05, 0.1) is 18.9 Å². The van der Waals surface area contributed by atoms with E-state index in [1.54, 1.807) is 0 Å². The molecule has 0 radical (unpaired) electrons. The Hall–Kier alpha value is -3.34. The molecule has 15 nitrogen and oxygen atoms in total. The van der Waals surface area contributed by atoms with Crippen molar-refractivity contribution >= 4 is 23.9 Å². The van der Waals surface area contributed by atoms with Crippen LogP contribution in [-0.4, -0.2) is 112 Å². The van der Waals surface area contributed by atoms with Crippen molar-refractivity contribution in [3.8, 4) is 5.75 Å². The molecule has 0 saturated carbocycles. The Kier molecular flexibility index (Phi) is 7.22. The van der Waals surface area contributed by atoms with Crippen LogP contribution >= 0.6 is 0 Å². The van der Waals surface area contributed by atoms with Gasteiger partial charge < -0.3 is 53.6 Å². The average Bonchev–Trinajstić information content (AvgIpc) is 3.49. The molecule has 4 aliphatic heterocycles. The van der Waals surface area contributed by atoms with E-state index in [-0.39, 0.29) is 12.2 Å². The molecule has 4 heterocycles. The number of esters is 4. The number of aromatic hydroxyl groups is 1. The summed E-state index contributed by atoms with van der Waals surface area (Å²) in [5.41, 5.74) is -1.97. The molecule has 1 aromatic carbocycles. The number of aliphatic hydroxyl groups excluding tert-OH is 3. The van der Waals surface area contributed by atoms with Gasteiger partial charge in [-0.1, -0.05) is 12.1 Å². The lowest BCUT2D eigenvalue weighted by atomic mass is 9.75. The van der Waals surface area contributed by atoms with Gasteiger partial charge in [0, 0.05) is 13.8 Å². The molecule has 4 N–H and O–H groups in total. The van der Waals surface area contributed by atoms with Crippen LogP contribution < -0.4 is 0 Å². The van der Waals surface area contributed by atoms with E-state index in [9.17, 15) is 39.6 Å². The van der Waals surface area contributed by atoms with Gasteiger partial charge >= 0.3 is 23.9 Å². The molecule has 40 heavy (non-hydrogen) atoms. The molecule has 15 heteroatoms. The molecule has 0 aromatic heterocycles. The van der Waals surface area contributed by atoms with Crippen LogP contribution in [0.25, 0.3) is 0 Å². The number of hydrogen-bond donors (Lipinski definition) is 4. The zero-order chi connectivity index (χ0) is 29.0. The van der Waals surface area contributed by atoms with Crippen molar-refractivity contribution < 1.29 is 72.8 Å². The predicted molar refractivity (Wildman–Crippen MR) is 123 cm³/mol. The fourth-order valence-corrected chi connectivity index (χ4v) is 5.65. The predicted octanol–water partition coefficient (Wildman–Crippen LogP) is -1.87. The van der Waals surface area contributed by atoms with Crippen molar-refractivity contribution in [3.63, 3.8) is 0 Å². The van der Waals surface area contributed by atoms with Crippen molar-refractivity contribution in [1.82, 2.24) is 0 Å². The Balaban J connectivity index is 1.54. The molecular formula is C25H28O15. The van der Waals surface area contributed by atoms with Crippen LogP contribution in [0, 0.1) is 0 Å². The normalized spacial score (nSPS) is 40.4. The standard InChI is InChI=1S/C25H28O15/c1-10(26)34-9-16-20(36-11(2)27)18(31)19(32)22(37-16)40-25-21(15(29)8-35-25)38-23(33)24(25)14(7-17(30)39-24)12-3-5-13(28)6-4-12/h3-6,14-16,18-22,28-29,31-32H,7-9H2,1-2H3/t14-,15+,16-,18-,19-,20+,21-,22+,24-,25-/m1/s1. The van der Waals surface area contributed by atoms with E-state index < -0.39 is 97.3 Å². The Bertz CT molecular complexity index is 1190.